The lowest BCUT2D eigenvalue weighted by atomic mass is 10.1. The van der Waals surface area contributed by atoms with Crippen LogP contribution in [0.5, 0.6) is 5.75 Å². The van der Waals surface area contributed by atoms with Gasteiger partial charge in [-0.05, 0) is 18.6 Å². The van der Waals surface area contributed by atoms with E-state index in [-0.39, 0.29) is 24.0 Å². The zero-order valence-electron chi connectivity index (χ0n) is 11.3. The van der Waals surface area contributed by atoms with Crippen molar-refractivity contribution in [3.63, 3.8) is 0 Å². The third-order valence-corrected chi connectivity index (χ3v) is 4.58. The third kappa shape index (κ3) is 3.24. The maximum atomic E-state index is 12.1. The lowest BCUT2D eigenvalue weighted by molar-refractivity contribution is -0.117. The molecule has 1 aliphatic heterocycles. The molecule has 1 amide bonds. The van der Waals surface area contributed by atoms with E-state index in [2.05, 4.69) is 0 Å². The summed E-state index contributed by atoms with van der Waals surface area (Å²) in [7, 11) is 3.20. The van der Waals surface area contributed by atoms with Gasteiger partial charge in [0.1, 0.15) is 5.75 Å². The molecule has 1 aliphatic rings. The van der Waals surface area contributed by atoms with Gasteiger partial charge in [-0.15, -0.1) is 0 Å². The van der Waals surface area contributed by atoms with Gasteiger partial charge >= 0.3 is 0 Å². The van der Waals surface area contributed by atoms with Crippen molar-refractivity contribution in [3.8, 4) is 5.75 Å². The summed E-state index contributed by atoms with van der Waals surface area (Å²) in [6, 6.07) is 5.51. The van der Waals surface area contributed by atoms with Crippen LogP contribution in [0.4, 0.5) is 5.69 Å². The third-order valence-electron chi connectivity index (χ3n) is 3.33. The Morgan fingerprint density at radius 3 is 2.75 bits per heavy atom. The average Bonchev–Trinajstić information content (AvgIpc) is 2.67. The molecule has 2 rings (SSSR count). The summed E-state index contributed by atoms with van der Waals surface area (Å²) in [6.45, 7) is 2.22. The number of anilines is 1. The molecular formula is C13H16ClNO4S. The molecule has 0 aliphatic carbocycles. The minimum absolute atomic E-state index is 0.108. The zero-order valence-corrected chi connectivity index (χ0v) is 12.9. The topological polar surface area (TPSA) is 63.7 Å². The van der Waals surface area contributed by atoms with E-state index in [4.69, 9.17) is 15.4 Å². The molecule has 0 saturated carbocycles. The van der Waals surface area contributed by atoms with E-state index in [0.717, 1.165) is 5.56 Å². The van der Waals surface area contributed by atoms with Crippen LogP contribution in [0, 0.1) is 12.8 Å². The Morgan fingerprint density at radius 2 is 2.15 bits per heavy atom. The summed E-state index contributed by atoms with van der Waals surface area (Å²) in [5, 5.41) is 0. The van der Waals surface area contributed by atoms with Gasteiger partial charge in [0.15, 0.2) is 0 Å². The van der Waals surface area contributed by atoms with Crippen molar-refractivity contribution in [2.45, 2.75) is 13.3 Å². The number of aryl methyl sites for hydroxylation is 1. The molecule has 5 nitrogen and oxygen atoms in total. The Hall–Kier alpha value is -1.27. The van der Waals surface area contributed by atoms with E-state index in [1.54, 1.807) is 18.1 Å². The maximum absolute atomic E-state index is 12.1. The minimum atomic E-state index is -3.60. The number of hydrogen-bond donors (Lipinski definition) is 0. The first-order chi connectivity index (χ1) is 9.31. The molecule has 1 aromatic carbocycles. The fourth-order valence-corrected chi connectivity index (χ4v) is 3.85. The van der Waals surface area contributed by atoms with E-state index in [9.17, 15) is 13.2 Å². The van der Waals surface area contributed by atoms with Crippen molar-refractivity contribution in [3.05, 3.63) is 23.8 Å². The molecule has 1 aromatic rings. The summed E-state index contributed by atoms with van der Waals surface area (Å²) in [5.74, 6) is 0.0234. The van der Waals surface area contributed by atoms with Crippen molar-refractivity contribution in [2.75, 3.05) is 24.3 Å². The maximum Gasteiger partial charge on any atom is 0.232 e. The van der Waals surface area contributed by atoms with Gasteiger partial charge in [0.05, 0.1) is 18.6 Å². The molecule has 0 radical (unpaired) electrons. The highest BCUT2D eigenvalue weighted by Crippen LogP contribution is 2.36. The van der Waals surface area contributed by atoms with E-state index < -0.39 is 9.05 Å². The number of amides is 1. The van der Waals surface area contributed by atoms with E-state index >= 15 is 0 Å². The SMILES string of the molecule is COc1cccc(C)c1N1CC(CS(=O)(=O)Cl)CC1=O. The van der Waals surface area contributed by atoms with E-state index in [1.807, 2.05) is 19.1 Å². The number of ether oxygens (including phenoxy) is 1. The molecule has 0 aromatic heterocycles. The van der Waals surface area contributed by atoms with Crippen LogP contribution in [0.1, 0.15) is 12.0 Å². The smallest absolute Gasteiger partial charge is 0.232 e. The fourth-order valence-electron chi connectivity index (χ4n) is 2.53. The van der Waals surface area contributed by atoms with Gasteiger partial charge < -0.3 is 9.64 Å². The molecule has 0 bridgehead atoms. The van der Waals surface area contributed by atoms with Gasteiger partial charge in [0.25, 0.3) is 0 Å². The number of nitrogens with zero attached hydrogens (tertiary/aromatic N) is 1. The molecule has 0 N–H and O–H groups in total. The first-order valence-electron chi connectivity index (χ1n) is 6.18. The number of para-hydroxylation sites is 1. The number of rotatable bonds is 4. The van der Waals surface area contributed by atoms with Crippen LogP contribution < -0.4 is 9.64 Å². The fraction of sp³-hybridized carbons (Fsp3) is 0.462. The second-order valence-corrected chi connectivity index (χ2v) is 7.73. The Balaban J connectivity index is 2.29. The number of halogens is 1. The first-order valence-corrected chi connectivity index (χ1v) is 8.66. The molecule has 110 valence electrons. The molecule has 1 atom stereocenters. The number of benzene rings is 1. The Morgan fingerprint density at radius 1 is 1.45 bits per heavy atom. The molecule has 1 saturated heterocycles. The summed E-state index contributed by atoms with van der Waals surface area (Å²) in [4.78, 5) is 13.7. The molecule has 1 fully saturated rings. The lowest BCUT2D eigenvalue weighted by Crippen LogP contribution is -2.26. The number of methoxy groups -OCH3 is 1. The van der Waals surface area contributed by atoms with Crippen LogP contribution in [-0.2, 0) is 13.8 Å². The van der Waals surface area contributed by atoms with E-state index in [0.29, 0.717) is 18.0 Å². The predicted molar refractivity (Wildman–Crippen MR) is 77.8 cm³/mol. The monoisotopic (exact) mass is 317 g/mol. The summed E-state index contributed by atoms with van der Waals surface area (Å²) >= 11 is 0. The standard InChI is InChI=1S/C13H16ClNO4S/c1-9-4-3-5-11(19-2)13(9)15-7-10(6-12(15)16)8-20(14,17)18/h3-5,10H,6-8H2,1-2H3. The van der Waals surface area contributed by atoms with Crippen molar-refractivity contribution < 1.29 is 17.9 Å². The summed E-state index contributed by atoms with van der Waals surface area (Å²) in [6.07, 6.45) is 0.184. The van der Waals surface area contributed by atoms with Gasteiger partial charge in [-0.1, -0.05) is 12.1 Å². The highest BCUT2D eigenvalue weighted by molar-refractivity contribution is 8.13. The van der Waals surface area contributed by atoms with Gasteiger partial charge in [0.2, 0.25) is 15.0 Å². The normalized spacial score (nSPS) is 19.4. The quantitative estimate of drug-likeness (QED) is 0.796. The van der Waals surface area contributed by atoms with Crippen molar-refractivity contribution >= 4 is 31.3 Å². The Labute approximate surface area is 122 Å². The minimum Gasteiger partial charge on any atom is -0.495 e. The van der Waals surface area contributed by atoms with Crippen LogP contribution in [0.2, 0.25) is 0 Å². The Kier molecular flexibility index (Phi) is 4.25. The van der Waals surface area contributed by atoms with Crippen LogP contribution >= 0.6 is 10.7 Å². The zero-order chi connectivity index (χ0) is 14.9. The number of carbonyl (C=O) groups excluding carboxylic acids is 1. The second kappa shape index (κ2) is 5.61. The van der Waals surface area contributed by atoms with Crippen LogP contribution in [0.3, 0.4) is 0 Å². The Bertz CT molecular complexity index is 629. The molecular weight excluding hydrogens is 302 g/mol. The molecule has 1 heterocycles. The predicted octanol–water partition coefficient (Wildman–Crippen LogP) is 1.93. The molecule has 0 spiro atoms. The van der Waals surface area contributed by atoms with Crippen molar-refractivity contribution in [1.29, 1.82) is 0 Å². The van der Waals surface area contributed by atoms with E-state index in [1.165, 1.54) is 0 Å². The van der Waals surface area contributed by atoms with Crippen LogP contribution in [-0.4, -0.2) is 33.7 Å². The van der Waals surface area contributed by atoms with Gasteiger partial charge in [0, 0.05) is 29.6 Å². The van der Waals surface area contributed by atoms with Crippen molar-refractivity contribution in [2.24, 2.45) is 5.92 Å². The second-order valence-electron chi connectivity index (χ2n) is 4.91. The average molecular weight is 318 g/mol. The number of hydrogen-bond acceptors (Lipinski definition) is 4. The van der Waals surface area contributed by atoms with Gasteiger partial charge in [-0.3, -0.25) is 4.79 Å². The largest absolute Gasteiger partial charge is 0.495 e. The van der Waals surface area contributed by atoms with Gasteiger partial charge in [-0.25, -0.2) is 8.42 Å². The number of carbonyl (C=O) groups is 1. The highest BCUT2D eigenvalue weighted by Gasteiger charge is 2.35. The lowest BCUT2D eigenvalue weighted by Gasteiger charge is -2.21. The summed E-state index contributed by atoms with van der Waals surface area (Å²) in [5.41, 5.74) is 1.61. The first kappa shape index (κ1) is 15.1. The molecule has 1 unspecified atom stereocenters. The van der Waals surface area contributed by atoms with Crippen LogP contribution in [0.15, 0.2) is 18.2 Å². The van der Waals surface area contributed by atoms with Gasteiger partial charge in [-0.2, -0.15) is 0 Å². The molecule has 7 heteroatoms. The molecule has 20 heavy (non-hydrogen) atoms. The highest BCUT2D eigenvalue weighted by atomic mass is 35.7. The van der Waals surface area contributed by atoms with Crippen molar-refractivity contribution in [1.82, 2.24) is 0 Å². The van der Waals surface area contributed by atoms with Crippen LogP contribution in [0.25, 0.3) is 0 Å². The summed E-state index contributed by atoms with van der Waals surface area (Å²) < 4.78 is 27.6.